The maximum absolute atomic E-state index is 12.1. The number of benzene rings is 2. The van der Waals surface area contributed by atoms with Crippen molar-refractivity contribution in [3.63, 3.8) is 0 Å². The number of aliphatic imine (C=N–C) groups is 1. The smallest absolute Gasteiger partial charge is 0.264 e. The van der Waals surface area contributed by atoms with Gasteiger partial charge in [0.15, 0.2) is 5.17 Å². The Bertz CT molecular complexity index is 841. The number of phenols is 1. The van der Waals surface area contributed by atoms with E-state index in [1.807, 2.05) is 38.1 Å². The fraction of sp³-hybridized carbons (Fsp3) is 0.111. The highest BCUT2D eigenvalue weighted by atomic mass is 32.2. The Morgan fingerprint density at radius 1 is 1.17 bits per heavy atom. The molecule has 2 aromatic rings. The van der Waals surface area contributed by atoms with E-state index < -0.39 is 0 Å². The van der Waals surface area contributed by atoms with Crippen LogP contribution in [0.5, 0.6) is 5.75 Å². The summed E-state index contributed by atoms with van der Waals surface area (Å²) in [6.45, 7) is 4.05. The first-order valence-corrected chi connectivity index (χ1v) is 7.99. The number of nitrogens with zero attached hydrogens (tertiary/aromatic N) is 1. The van der Waals surface area contributed by atoms with Crippen molar-refractivity contribution in [2.75, 3.05) is 0 Å². The number of phenolic OH excluding ortho intramolecular Hbond substituents is 1. The maximum atomic E-state index is 12.1. The number of hydrogen-bond donors (Lipinski definition) is 2. The van der Waals surface area contributed by atoms with Crippen molar-refractivity contribution in [3.05, 3.63) is 64.1 Å². The van der Waals surface area contributed by atoms with Crippen LogP contribution in [0.4, 0.5) is 5.69 Å². The van der Waals surface area contributed by atoms with Crippen molar-refractivity contribution in [2.24, 2.45) is 4.99 Å². The summed E-state index contributed by atoms with van der Waals surface area (Å²) < 4.78 is 0. The van der Waals surface area contributed by atoms with Gasteiger partial charge in [0.05, 0.1) is 10.6 Å². The molecule has 1 amide bonds. The van der Waals surface area contributed by atoms with Gasteiger partial charge in [-0.25, -0.2) is 4.99 Å². The van der Waals surface area contributed by atoms with Gasteiger partial charge < -0.3 is 10.4 Å². The molecule has 1 heterocycles. The van der Waals surface area contributed by atoms with Crippen LogP contribution in [0.1, 0.15) is 16.7 Å². The summed E-state index contributed by atoms with van der Waals surface area (Å²) in [5.74, 6) is -0.00516. The molecular formula is C18H16N2O2S. The van der Waals surface area contributed by atoms with Crippen LogP contribution in [0.25, 0.3) is 6.08 Å². The summed E-state index contributed by atoms with van der Waals surface area (Å²) in [5.41, 5.74) is 3.89. The summed E-state index contributed by atoms with van der Waals surface area (Å²) in [4.78, 5) is 17.2. The Hall–Kier alpha value is -2.53. The van der Waals surface area contributed by atoms with Crippen molar-refractivity contribution in [2.45, 2.75) is 13.8 Å². The normalized spacial score (nSPS) is 17.7. The lowest BCUT2D eigenvalue weighted by atomic mass is 10.1. The number of aryl methyl sites for hydroxylation is 1. The molecule has 0 radical (unpaired) electrons. The topological polar surface area (TPSA) is 61.7 Å². The van der Waals surface area contributed by atoms with E-state index in [0.29, 0.717) is 10.1 Å². The largest absolute Gasteiger partial charge is 0.508 e. The first-order valence-electron chi connectivity index (χ1n) is 7.18. The van der Waals surface area contributed by atoms with E-state index in [9.17, 15) is 9.90 Å². The molecule has 5 heteroatoms. The Morgan fingerprint density at radius 2 is 1.96 bits per heavy atom. The Labute approximate surface area is 139 Å². The first-order chi connectivity index (χ1) is 11.0. The zero-order chi connectivity index (χ0) is 16.4. The predicted octanol–water partition coefficient (Wildman–Crippen LogP) is 3.90. The average molecular weight is 324 g/mol. The minimum absolute atomic E-state index is 0.173. The van der Waals surface area contributed by atoms with Crippen LogP contribution in [-0.4, -0.2) is 16.2 Å². The second-order valence-electron chi connectivity index (χ2n) is 5.30. The molecule has 0 aliphatic carbocycles. The van der Waals surface area contributed by atoms with Gasteiger partial charge in [-0.05, 0) is 66.6 Å². The van der Waals surface area contributed by atoms with Crippen LogP contribution in [0.3, 0.4) is 0 Å². The second-order valence-corrected chi connectivity index (χ2v) is 6.33. The van der Waals surface area contributed by atoms with E-state index in [1.165, 1.54) is 11.8 Å². The van der Waals surface area contributed by atoms with Gasteiger partial charge in [0.25, 0.3) is 5.91 Å². The summed E-state index contributed by atoms with van der Waals surface area (Å²) in [7, 11) is 0. The number of rotatable bonds is 2. The van der Waals surface area contributed by atoms with Gasteiger partial charge in [-0.15, -0.1) is 0 Å². The summed E-state index contributed by atoms with van der Waals surface area (Å²) in [5, 5.41) is 12.8. The fourth-order valence-corrected chi connectivity index (χ4v) is 3.05. The SMILES string of the molecule is Cc1cccc(N=C2NC(=O)C(=Cc3cccc(O)c3)S2)c1C. The lowest BCUT2D eigenvalue weighted by molar-refractivity contribution is -0.115. The molecule has 2 N–H and O–H groups in total. The highest BCUT2D eigenvalue weighted by molar-refractivity contribution is 8.18. The van der Waals surface area contributed by atoms with Crippen LogP contribution in [0, 0.1) is 13.8 Å². The number of amides is 1. The Morgan fingerprint density at radius 3 is 2.74 bits per heavy atom. The molecule has 0 aromatic heterocycles. The van der Waals surface area contributed by atoms with Crippen molar-refractivity contribution < 1.29 is 9.90 Å². The molecule has 0 spiro atoms. The number of amidine groups is 1. The van der Waals surface area contributed by atoms with Crippen LogP contribution in [-0.2, 0) is 4.79 Å². The van der Waals surface area contributed by atoms with Crippen molar-refractivity contribution in [1.29, 1.82) is 0 Å². The van der Waals surface area contributed by atoms with E-state index in [4.69, 9.17) is 0 Å². The number of carbonyl (C=O) groups is 1. The quantitative estimate of drug-likeness (QED) is 0.824. The summed E-state index contributed by atoms with van der Waals surface area (Å²) in [6.07, 6.45) is 1.74. The Kier molecular flexibility index (Phi) is 4.21. The summed E-state index contributed by atoms with van der Waals surface area (Å²) in [6, 6.07) is 12.7. The van der Waals surface area contributed by atoms with Gasteiger partial charge >= 0.3 is 0 Å². The molecule has 23 heavy (non-hydrogen) atoms. The molecule has 116 valence electrons. The minimum Gasteiger partial charge on any atom is -0.508 e. The van der Waals surface area contributed by atoms with Gasteiger partial charge in [0.2, 0.25) is 0 Å². The lowest BCUT2D eigenvalue weighted by Crippen LogP contribution is -2.19. The van der Waals surface area contributed by atoms with E-state index in [2.05, 4.69) is 10.3 Å². The van der Waals surface area contributed by atoms with Crippen LogP contribution in [0.15, 0.2) is 52.4 Å². The van der Waals surface area contributed by atoms with Crippen LogP contribution >= 0.6 is 11.8 Å². The van der Waals surface area contributed by atoms with E-state index >= 15 is 0 Å². The molecule has 1 aliphatic rings. The molecule has 0 unspecified atom stereocenters. The molecule has 1 fully saturated rings. The maximum Gasteiger partial charge on any atom is 0.264 e. The van der Waals surface area contributed by atoms with Crippen molar-refractivity contribution in [1.82, 2.24) is 5.32 Å². The molecule has 0 bridgehead atoms. The average Bonchev–Trinajstić information content (AvgIpc) is 2.84. The molecule has 0 atom stereocenters. The monoisotopic (exact) mass is 324 g/mol. The zero-order valence-electron chi connectivity index (χ0n) is 12.8. The lowest BCUT2D eigenvalue weighted by Gasteiger charge is -2.04. The van der Waals surface area contributed by atoms with Gasteiger partial charge in [-0.3, -0.25) is 4.79 Å². The molecule has 3 rings (SSSR count). The number of thioether (sulfide) groups is 1. The van der Waals surface area contributed by atoms with Gasteiger partial charge in [-0.2, -0.15) is 0 Å². The third-order valence-electron chi connectivity index (χ3n) is 3.62. The number of aromatic hydroxyl groups is 1. The van der Waals surface area contributed by atoms with E-state index in [0.717, 1.165) is 22.4 Å². The number of carbonyl (C=O) groups excluding carboxylic acids is 1. The predicted molar refractivity (Wildman–Crippen MR) is 94.8 cm³/mol. The molecule has 0 saturated carbocycles. The van der Waals surface area contributed by atoms with Crippen LogP contribution < -0.4 is 5.32 Å². The molecule has 1 aliphatic heterocycles. The molecule has 1 saturated heterocycles. The molecule has 4 nitrogen and oxygen atoms in total. The van der Waals surface area contributed by atoms with Crippen molar-refractivity contribution >= 4 is 34.6 Å². The van der Waals surface area contributed by atoms with Gasteiger partial charge in [0, 0.05) is 0 Å². The zero-order valence-corrected chi connectivity index (χ0v) is 13.6. The second kappa shape index (κ2) is 6.30. The third kappa shape index (κ3) is 3.46. The van der Waals surface area contributed by atoms with Gasteiger partial charge in [-0.1, -0.05) is 24.3 Å². The van der Waals surface area contributed by atoms with E-state index in [-0.39, 0.29) is 11.7 Å². The molecular weight excluding hydrogens is 308 g/mol. The van der Waals surface area contributed by atoms with Gasteiger partial charge in [0.1, 0.15) is 5.75 Å². The molecule has 2 aromatic carbocycles. The Balaban J connectivity index is 1.88. The number of nitrogens with one attached hydrogen (secondary N) is 1. The number of hydrogen-bond acceptors (Lipinski definition) is 4. The minimum atomic E-state index is -0.178. The highest BCUT2D eigenvalue weighted by Gasteiger charge is 2.24. The first kappa shape index (κ1) is 15.4. The fourth-order valence-electron chi connectivity index (χ4n) is 2.21. The van der Waals surface area contributed by atoms with Crippen LogP contribution in [0.2, 0.25) is 0 Å². The standard InChI is InChI=1S/C18H16N2O2S/c1-11-5-3-8-15(12(11)2)19-18-20-17(22)16(23-18)10-13-6-4-7-14(21)9-13/h3-10,21H,1-2H3,(H,19,20,22). The van der Waals surface area contributed by atoms with Crippen molar-refractivity contribution in [3.8, 4) is 5.75 Å². The summed E-state index contributed by atoms with van der Waals surface area (Å²) >= 11 is 1.30. The third-order valence-corrected chi connectivity index (χ3v) is 4.53. The highest BCUT2D eigenvalue weighted by Crippen LogP contribution is 2.30. The van der Waals surface area contributed by atoms with E-state index in [1.54, 1.807) is 24.3 Å².